The average Bonchev–Trinajstić information content (AvgIpc) is 2.61. The van der Waals surface area contributed by atoms with Gasteiger partial charge in [-0.1, -0.05) is 30.3 Å². The van der Waals surface area contributed by atoms with Crippen molar-refractivity contribution < 1.29 is 23.4 Å². The molecule has 0 saturated carbocycles. The highest BCUT2D eigenvalue weighted by Crippen LogP contribution is 2.41. The molecule has 1 heterocycles. The van der Waals surface area contributed by atoms with Crippen LogP contribution in [0.4, 0.5) is 0 Å². The highest BCUT2D eigenvalue weighted by Gasteiger charge is 2.21. The van der Waals surface area contributed by atoms with Crippen LogP contribution in [0.15, 0.2) is 51.7 Å². The Labute approximate surface area is 143 Å². The molecule has 0 spiro atoms. The smallest absolute Gasteiger partial charge is 0.308 e. The first-order valence-corrected chi connectivity index (χ1v) is 7.51. The van der Waals surface area contributed by atoms with E-state index in [0.29, 0.717) is 11.5 Å². The van der Waals surface area contributed by atoms with Crippen LogP contribution in [-0.2, 0) is 4.79 Å². The van der Waals surface area contributed by atoms with Gasteiger partial charge in [-0.15, -0.1) is 0 Å². The molecule has 0 amide bonds. The first-order chi connectivity index (χ1) is 12.0. The fraction of sp³-hybridized carbons (Fsp3) is 0.158. The summed E-state index contributed by atoms with van der Waals surface area (Å²) in [5.41, 5.74) is 0.544. The average molecular weight is 340 g/mol. The molecule has 0 bridgehead atoms. The monoisotopic (exact) mass is 340 g/mol. The topological polar surface area (TPSA) is 75.0 Å². The van der Waals surface area contributed by atoms with Crippen LogP contribution in [0.25, 0.3) is 22.3 Å². The maximum absolute atomic E-state index is 12.7. The molecule has 3 rings (SSSR count). The van der Waals surface area contributed by atoms with Crippen LogP contribution in [-0.4, -0.2) is 20.2 Å². The van der Waals surface area contributed by atoms with Gasteiger partial charge in [0.15, 0.2) is 16.8 Å². The van der Waals surface area contributed by atoms with Crippen molar-refractivity contribution in [1.29, 1.82) is 0 Å². The van der Waals surface area contributed by atoms with Crippen LogP contribution in [0.3, 0.4) is 0 Å². The van der Waals surface area contributed by atoms with E-state index in [9.17, 15) is 9.59 Å². The van der Waals surface area contributed by atoms with Crippen molar-refractivity contribution in [3.63, 3.8) is 0 Å². The lowest BCUT2D eigenvalue weighted by molar-refractivity contribution is -0.131. The standard InChI is InChI=1S/C19H16O6/c1-11(20)24-15-10-16(22-2)18(23-3)19-17(15)13(21)9-14(25-19)12-7-5-4-6-8-12/h4-10H,1-3H3. The second-order valence-electron chi connectivity index (χ2n) is 5.25. The third kappa shape index (κ3) is 3.06. The van der Waals surface area contributed by atoms with E-state index in [4.69, 9.17) is 18.6 Å². The zero-order chi connectivity index (χ0) is 18.0. The number of ether oxygens (including phenoxy) is 3. The SMILES string of the molecule is COc1cc(OC(C)=O)c2c(=O)cc(-c3ccccc3)oc2c1OC. The molecule has 25 heavy (non-hydrogen) atoms. The van der Waals surface area contributed by atoms with Gasteiger partial charge >= 0.3 is 5.97 Å². The van der Waals surface area contributed by atoms with Crippen molar-refractivity contribution in [1.82, 2.24) is 0 Å². The molecular weight excluding hydrogens is 324 g/mol. The van der Waals surface area contributed by atoms with Crippen LogP contribution in [0, 0.1) is 0 Å². The number of rotatable bonds is 4. The highest BCUT2D eigenvalue weighted by atomic mass is 16.5. The predicted octanol–water partition coefficient (Wildman–Crippen LogP) is 3.40. The second kappa shape index (κ2) is 6.68. The van der Waals surface area contributed by atoms with E-state index in [1.165, 1.54) is 33.3 Å². The second-order valence-corrected chi connectivity index (χ2v) is 5.25. The summed E-state index contributed by atoms with van der Waals surface area (Å²) < 4.78 is 21.7. The summed E-state index contributed by atoms with van der Waals surface area (Å²) in [6, 6.07) is 12.0. The van der Waals surface area contributed by atoms with Gasteiger partial charge < -0.3 is 18.6 Å². The van der Waals surface area contributed by atoms with Gasteiger partial charge in [0.25, 0.3) is 0 Å². The Balaban J connectivity index is 2.38. The van der Waals surface area contributed by atoms with Gasteiger partial charge in [-0.05, 0) is 0 Å². The summed E-state index contributed by atoms with van der Waals surface area (Å²) in [5.74, 6) is 0.426. The van der Waals surface area contributed by atoms with E-state index in [1.807, 2.05) is 30.3 Å². The number of hydrogen-bond acceptors (Lipinski definition) is 6. The Kier molecular flexibility index (Phi) is 4.43. The zero-order valence-electron chi connectivity index (χ0n) is 14.0. The van der Waals surface area contributed by atoms with Crippen LogP contribution in [0.2, 0.25) is 0 Å². The van der Waals surface area contributed by atoms with Gasteiger partial charge in [0, 0.05) is 24.6 Å². The van der Waals surface area contributed by atoms with E-state index in [1.54, 1.807) is 0 Å². The van der Waals surface area contributed by atoms with Crippen molar-refractivity contribution >= 4 is 16.9 Å². The maximum atomic E-state index is 12.7. The Morgan fingerprint density at radius 1 is 1.00 bits per heavy atom. The molecule has 0 aliphatic carbocycles. The predicted molar refractivity (Wildman–Crippen MR) is 92.3 cm³/mol. The minimum absolute atomic E-state index is 0.0634. The minimum atomic E-state index is -0.556. The quantitative estimate of drug-likeness (QED) is 0.535. The van der Waals surface area contributed by atoms with Crippen LogP contribution in [0.1, 0.15) is 6.92 Å². The van der Waals surface area contributed by atoms with Crippen LogP contribution >= 0.6 is 0 Å². The number of methoxy groups -OCH3 is 2. The number of fused-ring (bicyclic) bond motifs is 1. The van der Waals surface area contributed by atoms with Crippen molar-refractivity contribution in [3.05, 3.63) is 52.7 Å². The molecule has 0 unspecified atom stereocenters. The Morgan fingerprint density at radius 3 is 2.32 bits per heavy atom. The van der Waals surface area contributed by atoms with E-state index in [2.05, 4.69) is 0 Å². The molecule has 0 atom stereocenters. The fourth-order valence-corrected chi connectivity index (χ4v) is 2.58. The molecule has 2 aromatic carbocycles. The molecule has 128 valence electrons. The highest BCUT2D eigenvalue weighted by molar-refractivity contribution is 5.93. The van der Waals surface area contributed by atoms with Gasteiger partial charge in [-0.25, -0.2) is 0 Å². The maximum Gasteiger partial charge on any atom is 0.308 e. The van der Waals surface area contributed by atoms with Gasteiger partial charge in [0.1, 0.15) is 16.9 Å². The van der Waals surface area contributed by atoms with Gasteiger partial charge in [0.2, 0.25) is 5.75 Å². The first-order valence-electron chi connectivity index (χ1n) is 7.51. The molecular formula is C19H16O6. The third-order valence-electron chi connectivity index (χ3n) is 3.62. The summed E-state index contributed by atoms with van der Waals surface area (Å²) in [4.78, 5) is 24.1. The fourth-order valence-electron chi connectivity index (χ4n) is 2.58. The summed E-state index contributed by atoms with van der Waals surface area (Å²) in [7, 11) is 2.89. The third-order valence-corrected chi connectivity index (χ3v) is 3.62. The lowest BCUT2D eigenvalue weighted by Crippen LogP contribution is -2.09. The normalized spacial score (nSPS) is 10.5. The molecule has 6 nitrogen and oxygen atoms in total. The summed E-state index contributed by atoms with van der Waals surface area (Å²) >= 11 is 0. The number of carbonyl (C=O) groups excluding carboxylic acids is 1. The summed E-state index contributed by atoms with van der Waals surface area (Å²) in [6.45, 7) is 1.25. The van der Waals surface area contributed by atoms with Crippen LogP contribution in [0.5, 0.6) is 17.2 Å². The summed E-state index contributed by atoms with van der Waals surface area (Å²) in [6.07, 6.45) is 0. The van der Waals surface area contributed by atoms with Gasteiger partial charge in [0.05, 0.1) is 14.2 Å². The van der Waals surface area contributed by atoms with Gasteiger partial charge in [-0.2, -0.15) is 0 Å². The zero-order valence-corrected chi connectivity index (χ0v) is 14.0. The Bertz CT molecular complexity index is 988. The van der Waals surface area contributed by atoms with E-state index < -0.39 is 5.97 Å². The largest absolute Gasteiger partial charge is 0.493 e. The van der Waals surface area contributed by atoms with Gasteiger partial charge in [-0.3, -0.25) is 9.59 Å². The first kappa shape index (κ1) is 16.6. The molecule has 0 fully saturated rings. The molecule has 1 aromatic heterocycles. The number of esters is 1. The lowest BCUT2D eigenvalue weighted by atomic mass is 10.1. The molecule has 0 N–H and O–H groups in total. The molecule has 0 saturated heterocycles. The lowest BCUT2D eigenvalue weighted by Gasteiger charge is -2.13. The molecule has 0 radical (unpaired) electrons. The van der Waals surface area contributed by atoms with Crippen LogP contribution < -0.4 is 19.6 Å². The number of benzene rings is 2. The Morgan fingerprint density at radius 2 is 1.72 bits per heavy atom. The molecule has 0 aliphatic heterocycles. The van der Waals surface area contributed by atoms with E-state index in [-0.39, 0.29) is 27.9 Å². The molecule has 0 aliphatic rings. The van der Waals surface area contributed by atoms with Crippen molar-refractivity contribution in [2.24, 2.45) is 0 Å². The van der Waals surface area contributed by atoms with Crippen molar-refractivity contribution in [3.8, 4) is 28.6 Å². The Hall–Kier alpha value is -3.28. The van der Waals surface area contributed by atoms with Crippen molar-refractivity contribution in [2.75, 3.05) is 14.2 Å². The minimum Gasteiger partial charge on any atom is -0.493 e. The van der Waals surface area contributed by atoms with E-state index in [0.717, 1.165) is 5.56 Å². The number of carbonyl (C=O) groups is 1. The molecule has 6 heteroatoms. The summed E-state index contributed by atoms with van der Waals surface area (Å²) in [5, 5.41) is 0.118. The van der Waals surface area contributed by atoms with E-state index >= 15 is 0 Å². The van der Waals surface area contributed by atoms with Crippen molar-refractivity contribution in [2.45, 2.75) is 6.92 Å². The number of hydrogen-bond donors (Lipinski definition) is 0. The molecule has 3 aromatic rings.